The molecule has 0 radical (unpaired) electrons. The van der Waals surface area contributed by atoms with Gasteiger partial charge < -0.3 is 20.3 Å². The van der Waals surface area contributed by atoms with E-state index in [-0.39, 0.29) is 24.0 Å². The van der Waals surface area contributed by atoms with E-state index in [1.54, 1.807) is 7.11 Å². The van der Waals surface area contributed by atoms with E-state index in [9.17, 15) is 0 Å². The first-order valence-corrected chi connectivity index (χ1v) is 7.97. The Kier molecular flexibility index (Phi) is 13.5. The van der Waals surface area contributed by atoms with Gasteiger partial charge in [-0.05, 0) is 31.7 Å². The fourth-order valence-electron chi connectivity index (χ4n) is 1.87. The van der Waals surface area contributed by atoms with Gasteiger partial charge in [0.05, 0.1) is 13.2 Å². The third-order valence-electron chi connectivity index (χ3n) is 3.12. The van der Waals surface area contributed by atoms with Crippen molar-refractivity contribution >= 4 is 41.5 Å². The number of guanidine groups is 1. The average molecular weight is 455 g/mol. The van der Waals surface area contributed by atoms with Crippen molar-refractivity contribution in [3.8, 4) is 0 Å². The van der Waals surface area contributed by atoms with Gasteiger partial charge in [0.15, 0.2) is 5.96 Å². The van der Waals surface area contributed by atoms with Crippen molar-refractivity contribution in [2.75, 3.05) is 46.9 Å². The number of nitrogens with zero attached hydrogens (tertiary/aromatic N) is 2. The number of ether oxygens (including phenoxy) is 1. The van der Waals surface area contributed by atoms with E-state index in [0.29, 0.717) is 6.54 Å². The number of halogens is 2. The zero-order valence-corrected chi connectivity index (χ0v) is 17.2. The van der Waals surface area contributed by atoms with Gasteiger partial charge in [0.1, 0.15) is 0 Å². The second-order valence-corrected chi connectivity index (χ2v) is 5.48. The van der Waals surface area contributed by atoms with Gasteiger partial charge in [-0.25, -0.2) is 4.99 Å². The maximum Gasteiger partial charge on any atom is 0.191 e. The highest BCUT2D eigenvalue weighted by molar-refractivity contribution is 14.0. The second-order valence-electron chi connectivity index (χ2n) is 5.05. The molecule has 0 bridgehead atoms. The molecule has 7 heteroatoms. The van der Waals surface area contributed by atoms with E-state index in [0.717, 1.165) is 49.3 Å². The lowest BCUT2D eigenvalue weighted by molar-refractivity contribution is 0.162. The number of likely N-dealkylation sites (N-methyl/N-ethyl adjacent to an activating group) is 1. The Morgan fingerprint density at radius 3 is 2.74 bits per heavy atom. The van der Waals surface area contributed by atoms with Gasteiger partial charge in [-0.1, -0.05) is 23.7 Å². The Bertz CT molecular complexity index is 459. The third kappa shape index (κ3) is 10.8. The summed E-state index contributed by atoms with van der Waals surface area (Å²) in [5, 5.41) is 7.32. The lowest BCUT2D eigenvalue weighted by Crippen LogP contribution is -2.41. The molecule has 5 nitrogen and oxygen atoms in total. The Hall–Kier alpha value is -0.570. The molecule has 0 saturated carbocycles. The summed E-state index contributed by atoms with van der Waals surface area (Å²) >= 11 is 5.99. The molecular weight excluding hydrogens is 427 g/mol. The topological polar surface area (TPSA) is 48.9 Å². The first-order valence-electron chi connectivity index (χ1n) is 7.59. The predicted molar refractivity (Wildman–Crippen MR) is 109 cm³/mol. The van der Waals surface area contributed by atoms with Crippen LogP contribution in [0.1, 0.15) is 12.5 Å². The van der Waals surface area contributed by atoms with Crippen molar-refractivity contribution in [2.45, 2.75) is 13.5 Å². The number of benzene rings is 1. The Labute approximate surface area is 161 Å². The minimum absolute atomic E-state index is 0. The number of aliphatic imine (C=N–C) groups is 1. The summed E-state index contributed by atoms with van der Waals surface area (Å²) in [6.45, 7) is 6.94. The van der Waals surface area contributed by atoms with Crippen LogP contribution >= 0.6 is 35.6 Å². The molecule has 132 valence electrons. The largest absolute Gasteiger partial charge is 0.383 e. The van der Waals surface area contributed by atoms with Crippen molar-refractivity contribution in [3.05, 3.63) is 34.9 Å². The van der Waals surface area contributed by atoms with E-state index in [2.05, 4.69) is 34.5 Å². The lowest BCUT2D eigenvalue weighted by Gasteiger charge is -2.17. The number of nitrogens with one attached hydrogen (secondary N) is 2. The summed E-state index contributed by atoms with van der Waals surface area (Å²) in [7, 11) is 3.80. The molecule has 0 aliphatic carbocycles. The molecule has 0 unspecified atom stereocenters. The third-order valence-corrected chi connectivity index (χ3v) is 3.35. The minimum atomic E-state index is 0. The van der Waals surface area contributed by atoms with Crippen LogP contribution in [0, 0.1) is 0 Å². The van der Waals surface area contributed by atoms with E-state index < -0.39 is 0 Å². The minimum Gasteiger partial charge on any atom is -0.383 e. The molecule has 1 aromatic carbocycles. The monoisotopic (exact) mass is 454 g/mol. The maximum atomic E-state index is 5.99. The first-order chi connectivity index (χ1) is 10.7. The van der Waals surface area contributed by atoms with Crippen molar-refractivity contribution < 1.29 is 4.74 Å². The number of methoxy groups -OCH3 is 1. The van der Waals surface area contributed by atoms with Gasteiger partial charge in [0.2, 0.25) is 0 Å². The molecular formula is C16H28ClIN4O. The van der Waals surface area contributed by atoms with E-state index in [1.165, 1.54) is 0 Å². The maximum absolute atomic E-state index is 5.99. The fourth-order valence-corrected chi connectivity index (χ4v) is 2.08. The zero-order chi connectivity index (χ0) is 16.2. The SMILES string of the molecule is CCNC(=NCc1cccc(Cl)c1)NCCN(C)CCOC.I. The highest BCUT2D eigenvalue weighted by atomic mass is 127. The summed E-state index contributed by atoms with van der Waals surface area (Å²) in [6, 6.07) is 7.77. The van der Waals surface area contributed by atoms with Crippen LogP contribution in [0.25, 0.3) is 0 Å². The van der Waals surface area contributed by atoms with E-state index in [1.807, 2.05) is 24.3 Å². The first kappa shape index (κ1) is 22.4. The van der Waals surface area contributed by atoms with Gasteiger partial charge in [0, 0.05) is 38.3 Å². The summed E-state index contributed by atoms with van der Waals surface area (Å²) in [5.74, 6) is 0.822. The summed E-state index contributed by atoms with van der Waals surface area (Å²) in [4.78, 5) is 6.80. The van der Waals surface area contributed by atoms with Crippen LogP contribution in [-0.2, 0) is 11.3 Å². The molecule has 2 N–H and O–H groups in total. The molecule has 0 atom stereocenters. The van der Waals surface area contributed by atoms with Crippen LogP contribution in [0.2, 0.25) is 5.02 Å². The average Bonchev–Trinajstić information content (AvgIpc) is 2.50. The molecule has 0 saturated heterocycles. The van der Waals surface area contributed by atoms with Crippen LogP contribution in [-0.4, -0.2) is 57.8 Å². The molecule has 0 fully saturated rings. The molecule has 0 amide bonds. The van der Waals surface area contributed by atoms with Crippen LogP contribution in [0.15, 0.2) is 29.3 Å². The van der Waals surface area contributed by atoms with Gasteiger partial charge in [-0.3, -0.25) is 0 Å². The Morgan fingerprint density at radius 2 is 2.09 bits per heavy atom. The molecule has 1 aromatic rings. The van der Waals surface area contributed by atoms with Gasteiger partial charge in [-0.2, -0.15) is 0 Å². The summed E-state index contributed by atoms with van der Waals surface area (Å²) < 4.78 is 5.07. The highest BCUT2D eigenvalue weighted by Gasteiger charge is 2.00. The molecule has 23 heavy (non-hydrogen) atoms. The van der Waals surface area contributed by atoms with Crippen LogP contribution in [0.5, 0.6) is 0 Å². The van der Waals surface area contributed by atoms with Crippen molar-refractivity contribution in [1.29, 1.82) is 0 Å². The van der Waals surface area contributed by atoms with Crippen LogP contribution in [0.3, 0.4) is 0 Å². The number of rotatable bonds is 9. The van der Waals surface area contributed by atoms with E-state index >= 15 is 0 Å². The van der Waals surface area contributed by atoms with Crippen LogP contribution < -0.4 is 10.6 Å². The molecule has 0 spiro atoms. The van der Waals surface area contributed by atoms with Gasteiger partial charge in [-0.15, -0.1) is 24.0 Å². The Morgan fingerprint density at radius 1 is 1.30 bits per heavy atom. The Balaban J connectivity index is 0.00000484. The lowest BCUT2D eigenvalue weighted by atomic mass is 10.2. The smallest absolute Gasteiger partial charge is 0.191 e. The fraction of sp³-hybridized carbons (Fsp3) is 0.562. The van der Waals surface area contributed by atoms with Crippen LogP contribution in [0.4, 0.5) is 0 Å². The zero-order valence-electron chi connectivity index (χ0n) is 14.1. The van der Waals surface area contributed by atoms with E-state index in [4.69, 9.17) is 16.3 Å². The van der Waals surface area contributed by atoms with Crippen molar-refractivity contribution in [2.24, 2.45) is 4.99 Å². The normalized spacial score (nSPS) is 11.3. The standard InChI is InChI=1S/C16H27ClN4O.HI/c1-4-18-16(19-8-9-21(2)10-11-22-3)20-13-14-6-5-7-15(17)12-14;/h5-7,12H,4,8-11,13H2,1-3H3,(H2,18,19,20);1H. The molecule has 0 aliphatic rings. The van der Waals surface area contributed by atoms with Crippen molar-refractivity contribution in [3.63, 3.8) is 0 Å². The molecule has 1 rings (SSSR count). The molecule has 0 heterocycles. The van der Waals surface area contributed by atoms with Crippen molar-refractivity contribution in [1.82, 2.24) is 15.5 Å². The number of hydrogen-bond donors (Lipinski definition) is 2. The highest BCUT2D eigenvalue weighted by Crippen LogP contribution is 2.11. The molecule has 0 aromatic heterocycles. The number of hydrogen-bond acceptors (Lipinski definition) is 3. The van der Waals surface area contributed by atoms with Gasteiger partial charge >= 0.3 is 0 Å². The molecule has 0 aliphatic heterocycles. The quantitative estimate of drug-likeness (QED) is 0.342. The summed E-state index contributed by atoms with van der Waals surface area (Å²) in [6.07, 6.45) is 0. The van der Waals surface area contributed by atoms with Gasteiger partial charge in [0.25, 0.3) is 0 Å². The predicted octanol–water partition coefficient (Wildman–Crippen LogP) is 2.59. The second kappa shape index (κ2) is 13.8. The summed E-state index contributed by atoms with van der Waals surface area (Å²) in [5.41, 5.74) is 1.10.